The molecule has 0 saturated carbocycles. The number of rotatable bonds is 1. The van der Waals surface area contributed by atoms with Crippen molar-refractivity contribution in [3.63, 3.8) is 0 Å². The molecule has 1 aliphatic rings. The lowest BCUT2D eigenvalue weighted by atomic mass is 10.1. The van der Waals surface area contributed by atoms with Crippen molar-refractivity contribution >= 4 is 6.21 Å². The molecule has 0 aliphatic carbocycles. The SMILES string of the molecule is CC=NC1CCNCC1. The van der Waals surface area contributed by atoms with Crippen LogP contribution in [-0.4, -0.2) is 25.3 Å². The van der Waals surface area contributed by atoms with Gasteiger partial charge < -0.3 is 5.32 Å². The van der Waals surface area contributed by atoms with Crippen LogP contribution in [0.1, 0.15) is 19.8 Å². The number of nitrogens with one attached hydrogen (secondary N) is 1. The summed E-state index contributed by atoms with van der Waals surface area (Å²) in [6.07, 6.45) is 4.34. The monoisotopic (exact) mass is 126 g/mol. The standard InChI is InChI=1S/C7H14N2/c1-2-9-7-3-5-8-6-4-7/h2,7-8H,3-6H2,1H3. The summed E-state index contributed by atoms with van der Waals surface area (Å²) in [7, 11) is 0. The smallest absolute Gasteiger partial charge is 0.0519 e. The Hall–Kier alpha value is -0.370. The molecular weight excluding hydrogens is 112 g/mol. The van der Waals surface area contributed by atoms with E-state index < -0.39 is 0 Å². The molecule has 2 heteroatoms. The van der Waals surface area contributed by atoms with E-state index in [1.165, 1.54) is 12.8 Å². The normalized spacial score (nSPS) is 23.2. The van der Waals surface area contributed by atoms with Crippen molar-refractivity contribution in [1.29, 1.82) is 0 Å². The van der Waals surface area contributed by atoms with Crippen molar-refractivity contribution in [1.82, 2.24) is 5.32 Å². The summed E-state index contributed by atoms with van der Waals surface area (Å²) < 4.78 is 0. The van der Waals surface area contributed by atoms with Gasteiger partial charge in [0.15, 0.2) is 0 Å². The van der Waals surface area contributed by atoms with Crippen molar-refractivity contribution in [3.8, 4) is 0 Å². The number of piperidine rings is 1. The van der Waals surface area contributed by atoms with Crippen molar-refractivity contribution in [2.75, 3.05) is 13.1 Å². The molecule has 0 amide bonds. The molecule has 0 spiro atoms. The highest BCUT2D eigenvalue weighted by atomic mass is 14.9. The Labute approximate surface area is 56.4 Å². The van der Waals surface area contributed by atoms with Crippen molar-refractivity contribution in [3.05, 3.63) is 0 Å². The molecule has 0 aromatic heterocycles. The molecular formula is C7H14N2. The molecule has 0 radical (unpaired) electrons. The Morgan fingerprint density at radius 2 is 2.11 bits per heavy atom. The van der Waals surface area contributed by atoms with E-state index in [0.29, 0.717) is 6.04 Å². The van der Waals surface area contributed by atoms with Gasteiger partial charge in [0, 0.05) is 0 Å². The Bertz CT molecular complexity index is 93.1. The fourth-order valence-electron chi connectivity index (χ4n) is 1.17. The Kier molecular flexibility index (Phi) is 2.71. The molecule has 2 nitrogen and oxygen atoms in total. The predicted molar refractivity (Wildman–Crippen MR) is 40.1 cm³/mol. The summed E-state index contributed by atoms with van der Waals surface area (Å²) in [6, 6.07) is 0.608. The van der Waals surface area contributed by atoms with Gasteiger partial charge in [0.25, 0.3) is 0 Å². The van der Waals surface area contributed by atoms with E-state index in [9.17, 15) is 0 Å². The summed E-state index contributed by atoms with van der Waals surface area (Å²) in [4.78, 5) is 4.32. The van der Waals surface area contributed by atoms with E-state index in [1.54, 1.807) is 0 Å². The zero-order valence-electron chi connectivity index (χ0n) is 5.93. The van der Waals surface area contributed by atoms with Crippen LogP contribution in [0.4, 0.5) is 0 Å². The van der Waals surface area contributed by atoms with Crippen LogP contribution < -0.4 is 5.32 Å². The minimum atomic E-state index is 0.608. The minimum Gasteiger partial charge on any atom is -0.317 e. The van der Waals surface area contributed by atoms with Gasteiger partial charge in [-0.3, -0.25) is 4.99 Å². The van der Waals surface area contributed by atoms with Crippen LogP contribution >= 0.6 is 0 Å². The van der Waals surface area contributed by atoms with Gasteiger partial charge in [0.05, 0.1) is 6.04 Å². The van der Waals surface area contributed by atoms with E-state index in [1.807, 2.05) is 13.1 Å². The minimum absolute atomic E-state index is 0.608. The second-order valence-electron chi connectivity index (χ2n) is 2.39. The third kappa shape index (κ3) is 2.14. The summed E-state index contributed by atoms with van der Waals surface area (Å²) in [5, 5.41) is 3.30. The fraction of sp³-hybridized carbons (Fsp3) is 0.857. The highest BCUT2D eigenvalue weighted by Crippen LogP contribution is 2.05. The van der Waals surface area contributed by atoms with E-state index in [2.05, 4.69) is 10.3 Å². The average Bonchev–Trinajstić information content (AvgIpc) is 1.91. The molecule has 0 bridgehead atoms. The van der Waals surface area contributed by atoms with Crippen LogP contribution in [-0.2, 0) is 0 Å². The molecule has 1 aliphatic heterocycles. The van der Waals surface area contributed by atoms with Gasteiger partial charge in [-0.2, -0.15) is 0 Å². The second-order valence-corrected chi connectivity index (χ2v) is 2.39. The summed E-state index contributed by atoms with van der Waals surface area (Å²) in [5.41, 5.74) is 0. The first-order chi connectivity index (χ1) is 4.43. The second kappa shape index (κ2) is 3.62. The van der Waals surface area contributed by atoms with Gasteiger partial charge in [0.2, 0.25) is 0 Å². The van der Waals surface area contributed by atoms with Gasteiger partial charge in [-0.25, -0.2) is 0 Å². The lowest BCUT2D eigenvalue weighted by molar-refractivity contribution is 0.460. The van der Waals surface area contributed by atoms with Crippen LogP contribution in [0.5, 0.6) is 0 Å². The zero-order valence-corrected chi connectivity index (χ0v) is 5.93. The van der Waals surface area contributed by atoms with Crippen molar-refractivity contribution in [2.45, 2.75) is 25.8 Å². The average molecular weight is 126 g/mol. The quantitative estimate of drug-likeness (QED) is 0.517. The maximum absolute atomic E-state index is 4.32. The van der Waals surface area contributed by atoms with Gasteiger partial charge in [0.1, 0.15) is 0 Å². The molecule has 1 rings (SSSR count). The topological polar surface area (TPSA) is 24.4 Å². The molecule has 0 aromatic rings. The van der Waals surface area contributed by atoms with Crippen LogP contribution in [0.2, 0.25) is 0 Å². The van der Waals surface area contributed by atoms with E-state index in [-0.39, 0.29) is 0 Å². The zero-order chi connectivity index (χ0) is 6.53. The molecule has 9 heavy (non-hydrogen) atoms. The Morgan fingerprint density at radius 1 is 1.44 bits per heavy atom. The highest BCUT2D eigenvalue weighted by molar-refractivity contribution is 5.53. The number of hydrogen-bond acceptors (Lipinski definition) is 2. The summed E-state index contributed by atoms with van der Waals surface area (Å²) in [5.74, 6) is 0. The van der Waals surface area contributed by atoms with Gasteiger partial charge >= 0.3 is 0 Å². The maximum Gasteiger partial charge on any atom is 0.0519 e. The third-order valence-corrected chi connectivity index (χ3v) is 1.67. The van der Waals surface area contributed by atoms with Gasteiger partial charge in [-0.05, 0) is 39.1 Å². The van der Waals surface area contributed by atoms with Crippen LogP contribution in [0.25, 0.3) is 0 Å². The molecule has 0 aromatic carbocycles. The Balaban J connectivity index is 2.23. The highest BCUT2D eigenvalue weighted by Gasteiger charge is 2.08. The third-order valence-electron chi connectivity index (χ3n) is 1.67. The molecule has 0 unspecified atom stereocenters. The molecule has 1 heterocycles. The van der Waals surface area contributed by atoms with E-state index in [0.717, 1.165) is 13.1 Å². The van der Waals surface area contributed by atoms with Crippen molar-refractivity contribution in [2.24, 2.45) is 4.99 Å². The first-order valence-electron chi connectivity index (χ1n) is 3.62. The van der Waals surface area contributed by atoms with E-state index >= 15 is 0 Å². The first-order valence-corrected chi connectivity index (χ1v) is 3.62. The lowest BCUT2D eigenvalue weighted by Crippen LogP contribution is -2.29. The largest absolute Gasteiger partial charge is 0.317 e. The molecule has 1 N–H and O–H groups in total. The van der Waals surface area contributed by atoms with Crippen LogP contribution in [0.3, 0.4) is 0 Å². The van der Waals surface area contributed by atoms with Gasteiger partial charge in [-0.15, -0.1) is 0 Å². The maximum atomic E-state index is 4.32. The van der Waals surface area contributed by atoms with E-state index in [4.69, 9.17) is 0 Å². The molecule has 52 valence electrons. The summed E-state index contributed by atoms with van der Waals surface area (Å²) in [6.45, 7) is 4.27. The van der Waals surface area contributed by atoms with Crippen LogP contribution in [0, 0.1) is 0 Å². The molecule has 1 fully saturated rings. The number of nitrogens with zero attached hydrogens (tertiary/aromatic N) is 1. The lowest BCUT2D eigenvalue weighted by Gasteiger charge is -2.18. The van der Waals surface area contributed by atoms with Crippen LogP contribution in [0.15, 0.2) is 4.99 Å². The number of hydrogen-bond donors (Lipinski definition) is 1. The van der Waals surface area contributed by atoms with Gasteiger partial charge in [-0.1, -0.05) is 0 Å². The fourth-order valence-corrected chi connectivity index (χ4v) is 1.17. The molecule has 1 saturated heterocycles. The van der Waals surface area contributed by atoms with Crippen molar-refractivity contribution < 1.29 is 0 Å². The number of aliphatic imine (C=N–C) groups is 1. The Morgan fingerprint density at radius 3 is 2.67 bits per heavy atom. The predicted octanol–water partition coefficient (Wildman–Crippen LogP) is 0.829. The first kappa shape index (κ1) is 6.75. The summed E-state index contributed by atoms with van der Waals surface area (Å²) >= 11 is 0. The molecule has 0 atom stereocenters.